The van der Waals surface area contributed by atoms with Crippen molar-refractivity contribution in [3.63, 3.8) is 0 Å². The van der Waals surface area contributed by atoms with E-state index in [1.165, 1.54) is 77.2 Å². The average molecular weight is 401 g/mol. The van der Waals surface area contributed by atoms with Crippen molar-refractivity contribution in [3.8, 4) is 22.8 Å². The topological polar surface area (TPSA) is 13.1 Å². The van der Waals surface area contributed by atoms with Crippen molar-refractivity contribution >= 4 is 10.8 Å². The molecular weight excluding hydrogens is 366 g/mol. The number of hydrogen-bond donors (Lipinski definition) is 0. The van der Waals surface area contributed by atoms with Crippen LogP contribution in [0.25, 0.3) is 22.0 Å². The van der Waals surface area contributed by atoms with Crippen molar-refractivity contribution in [1.29, 1.82) is 0 Å². The van der Waals surface area contributed by atoms with Gasteiger partial charge >= 0.3 is 0 Å². The Labute approximate surface area is 180 Å². The summed E-state index contributed by atoms with van der Waals surface area (Å²) in [5.41, 5.74) is 7.29. The van der Waals surface area contributed by atoms with E-state index in [9.17, 15) is 0 Å². The fraction of sp³-hybridized carbons (Fsp3) is 0.464. The summed E-state index contributed by atoms with van der Waals surface area (Å²) in [5, 5.41) is 2.54. The van der Waals surface area contributed by atoms with Gasteiger partial charge in [0.25, 0.3) is 5.69 Å². The summed E-state index contributed by atoms with van der Waals surface area (Å²) in [7, 11) is 2.16. The Hall–Kier alpha value is -2.35. The zero-order valence-corrected chi connectivity index (χ0v) is 19.1. The van der Waals surface area contributed by atoms with Gasteiger partial charge in [-0.3, -0.25) is 0 Å². The minimum Gasteiger partial charge on any atom is -0.449 e. The SMILES string of the molecule is CCC1(CC)CCC(c2cc[n+](C)c3c2Oc2cccc4cc(C)c(C)c-3c24)CC1. The fourth-order valence-corrected chi connectivity index (χ4v) is 6.01. The van der Waals surface area contributed by atoms with Crippen molar-refractivity contribution in [2.75, 3.05) is 0 Å². The third-order valence-corrected chi connectivity index (χ3v) is 8.39. The van der Waals surface area contributed by atoms with Crippen LogP contribution in [0.1, 0.15) is 75.0 Å². The number of benzene rings is 2. The van der Waals surface area contributed by atoms with Crippen LogP contribution >= 0.6 is 0 Å². The standard InChI is InChI=1S/C28H34NO/c1-6-28(7-2)14-11-20(12-15-28)22-13-16-29(5)26-24-19(4)18(3)17-21-9-8-10-23(25(21)24)30-27(22)26/h8-10,13,16-17,20H,6-7,11-12,14-15H2,1-5H3/q+1. The number of rotatable bonds is 3. The highest BCUT2D eigenvalue weighted by molar-refractivity contribution is 6.04. The van der Waals surface area contributed by atoms with E-state index in [1.54, 1.807) is 0 Å². The summed E-state index contributed by atoms with van der Waals surface area (Å²) >= 11 is 0. The molecule has 0 spiro atoms. The van der Waals surface area contributed by atoms with Crippen LogP contribution in [0.3, 0.4) is 0 Å². The maximum atomic E-state index is 6.69. The number of pyridine rings is 1. The summed E-state index contributed by atoms with van der Waals surface area (Å²) in [5.74, 6) is 2.70. The molecule has 156 valence electrons. The smallest absolute Gasteiger partial charge is 0.256 e. The minimum absolute atomic E-state index is 0.558. The second kappa shape index (κ2) is 7.11. The van der Waals surface area contributed by atoms with Gasteiger partial charge in [0.05, 0.1) is 5.56 Å². The van der Waals surface area contributed by atoms with Gasteiger partial charge in [0.1, 0.15) is 12.8 Å². The van der Waals surface area contributed by atoms with Gasteiger partial charge in [-0.15, -0.1) is 0 Å². The van der Waals surface area contributed by atoms with Crippen molar-refractivity contribution in [2.45, 2.75) is 72.1 Å². The number of aromatic nitrogens is 1. The summed E-state index contributed by atoms with van der Waals surface area (Å²) in [6, 6.07) is 11.1. The molecule has 0 radical (unpaired) electrons. The third kappa shape index (κ3) is 2.80. The maximum absolute atomic E-state index is 6.69. The second-order valence-corrected chi connectivity index (χ2v) is 9.69. The van der Waals surface area contributed by atoms with Gasteiger partial charge in [0, 0.05) is 17.0 Å². The fourth-order valence-electron chi connectivity index (χ4n) is 6.01. The normalized spacial score (nSPS) is 17.6. The van der Waals surface area contributed by atoms with Crippen molar-refractivity contribution in [3.05, 3.63) is 53.2 Å². The van der Waals surface area contributed by atoms with Crippen LogP contribution in [0.4, 0.5) is 0 Å². The lowest BCUT2D eigenvalue weighted by Crippen LogP contribution is -2.33. The van der Waals surface area contributed by atoms with Gasteiger partial charge in [0.15, 0.2) is 6.20 Å². The monoisotopic (exact) mass is 400 g/mol. The van der Waals surface area contributed by atoms with Gasteiger partial charge in [0.2, 0.25) is 5.75 Å². The molecule has 3 aromatic rings. The van der Waals surface area contributed by atoms with Crippen molar-refractivity contribution < 1.29 is 9.30 Å². The lowest BCUT2D eigenvalue weighted by molar-refractivity contribution is -0.660. The van der Waals surface area contributed by atoms with Crippen molar-refractivity contribution in [2.24, 2.45) is 12.5 Å². The van der Waals surface area contributed by atoms with Gasteiger partial charge < -0.3 is 4.74 Å². The molecular formula is C28H34NO+. The van der Waals surface area contributed by atoms with Gasteiger partial charge in [-0.1, -0.05) is 44.9 Å². The summed E-state index contributed by atoms with van der Waals surface area (Å²) in [4.78, 5) is 0. The Kier molecular flexibility index (Phi) is 4.65. The first kappa shape index (κ1) is 19.6. The van der Waals surface area contributed by atoms with E-state index in [0.717, 1.165) is 11.5 Å². The third-order valence-electron chi connectivity index (χ3n) is 8.39. The number of fused-ring (bicyclic) bond motifs is 2. The molecule has 5 rings (SSSR count). The van der Waals surface area contributed by atoms with Crippen LogP contribution in [0.5, 0.6) is 11.5 Å². The lowest BCUT2D eigenvalue weighted by atomic mass is 9.66. The summed E-state index contributed by atoms with van der Waals surface area (Å²) < 4.78 is 8.96. The Morgan fingerprint density at radius 3 is 2.50 bits per heavy atom. The minimum atomic E-state index is 0.558. The number of hydrogen-bond acceptors (Lipinski definition) is 1. The highest BCUT2D eigenvalue weighted by Gasteiger charge is 2.37. The Bertz CT molecular complexity index is 1130. The molecule has 1 aliphatic heterocycles. The predicted octanol–water partition coefficient (Wildman–Crippen LogP) is 7.52. The highest BCUT2D eigenvalue weighted by atomic mass is 16.5. The molecule has 0 atom stereocenters. The van der Waals surface area contributed by atoms with E-state index in [4.69, 9.17) is 4.74 Å². The molecule has 1 saturated carbocycles. The van der Waals surface area contributed by atoms with Crippen LogP contribution in [-0.2, 0) is 7.05 Å². The molecule has 2 heteroatoms. The molecule has 2 aromatic carbocycles. The first-order valence-electron chi connectivity index (χ1n) is 11.7. The number of ether oxygens (including phenoxy) is 1. The van der Waals surface area contributed by atoms with E-state index < -0.39 is 0 Å². The summed E-state index contributed by atoms with van der Waals surface area (Å²) in [6.45, 7) is 9.24. The Balaban J connectivity index is 1.67. The molecule has 0 bridgehead atoms. The second-order valence-electron chi connectivity index (χ2n) is 9.69. The Morgan fingerprint density at radius 2 is 1.80 bits per heavy atom. The molecule has 2 heterocycles. The maximum Gasteiger partial charge on any atom is 0.256 e. The van der Waals surface area contributed by atoms with Crippen molar-refractivity contribution in [1.82, 2.24) is 0 Å². The number of aryl methyl sites for hydroxylation is 2. The molecule has 1 fully saturated rings. The van der Waals surface area contributed by atoms with E-state index in [1.807, 2.05) is 0 Å². The van der Waals surface area contributed by atoms with Crippen LogP contribution in [0.15, 0.2) is 36.5 Å². The molecule has 0 saturated heterocycles. The van der Waals surface area contributed by atoms with E-state index in [0.29, 0.717) is 11.3 Å². The van der Waals surface area contributed by atoms with Crippen LogP contribution < -0.4 is 9.30 Å². The van der Waals surface area contributed by atoms with Gasteiger partial charge in [-0.2, -0.15) is 4.57 Å². The van der Waals surface area contributed by atoms with Crippen LogP contribution in [0.2, 0.25) is 0 Å². The lowest BCUT2D eigenvalue weighted by Gasteiger charge is -2.39. The zero-order chi connectivity index (χ0) is 21.0. The number of nitrogens with zero attached hydrogens (tertiary/aromatic N) is 1. The summed E-state index contributed by atoms with van der Waals surface area (Å²) in [6.07, 6.45) is 10.1. The Morgan fingerprint density at radius 1 is 1.07 bits per heavy atom. The molecule has 2 aliphatic rings. The van der Waals surface area contributed by atoms with Crippen LogP contribution in [0, 0.1) is 19.3 Å². The van der Waals surface area contributed by atoms with Gasteiger partial charge in [-0.05, 0) is 73.4 Å². The molecule has 1 aromatic heterocycles. The van der Waals surface area contributed by atoms with Crippen LogP contribution in [-0.4, -0.2) is 0 Å². The molecule has 1 aliphatic carbocycles. The van der Waals surface area contributed by atoms with E-state index >= 15 is 0 Å². The quantitative estimate of drug-likeness (QED) is 0.324. The zero-order valence-electron chi connectivity index (χ0n) is 19.1. The van der Waals surface area contributed by atoms with E-state index in [2.05, 4.69) is 75.8 Å². The molecule has 2 nitrogen and oxygen atoms in total. The molecule has 0 amide bonds. The molecule has 0 unspecified atom stereocenters. The highest BCUT2D eigenvalue weighted by Crippen LogP contribution is 2.53. The average Bonchev–Trinajstić information content (AvgIpc) is 2.77. The first-order valence-corrected chi connectivity index (χ1v) is 11.7. The van der Waals surface area contributed by atoms with E-state index in [-0.39, 0.29) is 0 Å². The largest absolute Gasteiger partial charge is 0.449 e. The molecule has 30 heavy (non-hydrogen) atoms. The first-order chi connectivity index (χ1) is 14.5. The predicted molar refractivity (Wildman–Crippen MR) is 124 cm³/mol. The molecule has 0 N–H and O–H groups in total. The van der Waals surface area contributed by atoms with Gasteiger partial charge in [-0.25, -0.2) is 0 Å².